The summed E-state index contributed by atoms with van der Waals surface area (Å²) in [6.45, 7) is 18.9. The largest absolute Gasteiger partial charge is 0.464 e. The van der Waals surface area contributed by atoms with E-state index in [2.05, 4.69) is 66.9 Å². The highest BCUT2D eigenvalue weighted by atomic mass is 32.1. The average molecular weight is 936 g/mol. The van der Waals surface area contributed by atoms with E-state index in [1.807, 2.05) is 32.2 Å². The number of ether oxygens (including phenoxy) is 2. The number of hydrazine groups is 1. The van der Waals surface area contributed by atoms with Crippen molar-refractivity contribution in [1.82, 2.24) is 45.0 Å². The SMILES string of the molecule is C=CC(=O)N1C[C@@H]2CN(C(=O)N(C)C(C(=O)N[C@H]3Cc4nc(cs4)-c4ccc5c(c4)c(c(-c4cccnc4[C@H](C)OC)n5CC)CC(C)(C)COC(=O)[C@@H]4CCCN(N4)C3=O)C(C)C)C[C@@H]2C1. The molecular weight excluding hydrogens is 871 g/mol. The van der Waals surface area contributed by atoms with E-state index < -0.39 is 41.3 Å². The van der Waals surface area contributed by atoms with Crippen molar-refractivity contribution in [2.75, 3.05) is 53.5 Å². The van der Waals surface area contributed by atoms with Crippen LogP contribution >= 0.6 is 11.3 Å². The highest BCUT2D eigenvalue weighted by molar-refractivity contribution is 7.10. The van der Waals surface area contributed by atoms with Gasteiger partial charge in [-0.25, -0.2) is 15.2 Å². The van der Waals surface area contributed by atoms with Gasteiger partial charge < -0.3 is 34.1 Å². The van der Waals surface area contributed by atoms with Gasteiger partial charge in [0, 0.05) is 111 Å². The fraction of sp³-hybridized carbons (Fsp3) is 0.540. The second-order valence-electron chi connectivity index (χ2n) is 19.7. The Balaban J connectivity index is 1.13. The molecule has 3 fully saturated rings. The van der Waals surface area contributed by atoms with E-state index in [1.165, 1.54) is 27.3 Å². The van der Waals surface area contributed by atoms with Gasteiger partial charge in [0.15, 0.2) is 0 Å². The molecule has 1 unspecified atom stereocenters. The summed E-state index contributed by atoms with van der Waals surface area (Å²) in [5.74, 6) is -1.45. The molecule has 358 valence electrons. The normalized spacial score (nSPS) is 22.9. The number of nitrogens with one attached hydrogen (secondary N) is 2. The molecule has 7 heterocycles. The summed E-state index contributed by atoms with van der Waals surface area (Å²) in [5, 5.41) is 8.15. The van der Waals surface area contributed by atoms with Crippen LogP contribution in [0.2, 0.25) is 0 Å². The number of urea groups is 1. The number of likely N-dealkylation sites (N-methyl/N-ethyl adjacent to an activating group) is 1. The molecule has 6 bridgehead atoms. The van der Waals surface area contributed by atoms with Crippen molar-refractivity contribution in [2.24, 2.45) is 23.2 Å². The Morgan fingerprint density at radius 2 is 1.84 bits per heavy atom. The lowest BCUT2D eigenvalue weighted by atomic mass is 9.84. The maximum atomic E-state index is 14.7. The van der Waals surface area contributed by atoms with E-state index >= 15 is 0 Å². The standard InChI is InChI=1S/C50H65N9O7S/c1-10-42(60)56-23-32-25-57(26-33(32)24-56)49(64)55(8)44(29(3)4)46(61)53-38-21-41-52-39(27-67-41)31-16-17-40-35(20-31)36(45(58(40)11-2)34-14-12-18-51-43(34)30(5)65-9)22-50(6,7)28-66-48(63)37-15-13-19-59(54-37)47(38)62/h10,12,14,16-18,20,27,29-30,32-33,37-38,44,54H,1,11,13,15,19,21-26,28H2,2-9H3,(H,53,61)/t30-,32-,33+,37-,38-,44?/m0/s1. The monoisotopic (exact) mass is 935 g/mol. The molecule has 4 aliphatic heterocycles. The molecule has 1 aromatic carbocycles. The predicted molar refractivity (Wildman–Crippen MR) is 256 cm³/mol. The third-order valence-corrected chi connectivity index (χ3v) is 14.9. The Labute approximate surface area is 397 Å². The van der Waals surface area contributed by atoms with Crippen molar-refractivity contribution in [3.63, 3.8) is 0 Å². The molecule has 3 saturated heterocycles. The van der Waals surface area contributed by atoms with Gasteiger partial charge in [-0.05, 0) is 74.9 Å². The van der Waals surface area contributed by atoms with E-state index in [0.717, 1.165) is 44.7 Å². The van der Waals surface area contributed by atoms with Gasteiger partial charge in [0.25, 0.3) is 5.91 Å². The molecule has 0 radical (unpaired) electrons. The minimum absolute atomic E-state index is 0.0833. The van der Waals surface area contributed by atoms with Gasteiger partial charge >= 0.3 is 12.0 Å². The van der Waals surface area contributed by atoms with Crippen LogP contribution in [0.25, 0.3) is 33.4 Å². The number of esters is 1. The first-order chi connectivity index (χ1) is 32.0. The van der Waals surface area contributed by atoms with Gasteiger partial charge in [-0.3, -0.25) is 29.2 Å². The maximum Gasteiger partial charge on any atom is 0.324 e. The number of carbonyl (C=O) groups is 5. The molecule has 67 heavy (non-hydrogen) atoms. The van der Waals surface area contributed by atoms with E-state index in [-0.39, 0.29) is 48.8 Å². The molecule has 0 aliphatic carbocycles. The number of hydrogen-bond donors (Lipinski definition) is 2. The molecule has 8 rings (SSSR count). The molecule has 17 heteroatoms. The van der Waals surface area contributed by atoms with Crippen molar-refractivity contribution >= 4 is 52.0 Å². The molecule has 2 N–H and O–H groups in total. The third-order valence-electron chi connectivity index (χ3n) is 14.0. The van der Waals surface area contributed by atoms with Gasteiger partial charge in [-0.2, -0.15) is 0 Å². The van der Waals surface area contributed by atoms with Gasteiger partial charge in [0.2, 0.25) is 11.8 Å². The summed E-state index contributed by atoms with van der Waals surface area (Å²) >= 11 is 1.41. The number of fused-ring (bicyclic) bond motifs is 7. The molecule has 4 aliphatic rings. The van der Waals surface area contributed by atoms with Gasteiger partial charge in [0.05, 0.1) is 34.8 Å². The first-order valence-electron chi connectivity index (χ1n) is 23.6. The Kier molecular flexibility index (Phi) is 13.9. The number of nitrogens with zero attached hydrogens (tertiary/aromatic N) is 7. The van der Waals surface area contributed by atoms with Crippen LogP contribution in [0.3, 0.4) is 0 Å². The van der Waals surface area contributed by atoms with Crippen molar-refractivity contribution < 1.29 is 33.4 Å². The summed E-state index contributed by atoms with van der Waals surface area (Å²) in [6.07, 6.45) is 4.53. The van der Waals surface area contributed by atoms with Gasteiger partial charge in [-0.1, -0.05) is 40.3 Å². The number of pyridine rings is 1. The second-order valence-corrected chi connectivity index (χ2v) is 20.7. The van der Waals surface area contributed by atoms with E-state index in [1.54, 1.807) is 30.2 Å². The van der Waals surface area contributed by atoms with Crippen LogP contribution < -0.4 is 10.7 Å². The minimum atomic E-state index is -1.07. The first-order valence-corrected chi connectivity index (χ1v) is 24.5. The van der Waals surface area contributed by atoms with Crippen molar-refractivity contribution in [2.45, 2.75) is 98.0 Å². The Bertz CT molecular complexity index is 2540. The molecule has 0 spiro atoms. The van der Waals surface area contributed by atoms with Gasteiger partial charge in [0.1, 0.15) is 18.1 Å². The summed E-state index contributed by atoms with van der Waals surface area (Å²) in [4.78, 5) is 84.4. The van der Waals surface area contributed by atoms with Crippen LogP contribution in [0.1, 0.15) is 76.8 Å². The zero-order valence-electron chi connectivity index (χ0n) is 40.0. The van der Waals surface area contributed by atoms with E-state index in [0.29, 0.717) is 63.5 Å². The second kappa shape index (κ2) is 19.5. The number of carbonyl (C=O) groups excluding carboxylic acids is 5. The fourth-order valence-electron chi connectivity index (χ4n) is 10.5. The number of thiazole rings is 1. The van der Waals surface area contributed by atoms with Crippen LogP contribution in [0.4, 0.5) is 4.79 Å². The highest BCUT2D eigenvalue weighted by Gasteiger charge is 2.45. The summed E-state index contributed by atoms with van der Waals surface area (Å²) in [6, 6.07) is 7.39. The maximum absolute atomic E-state index is 14.7. The first kappa shape index (κ1) is 47.8. The van der Waals surface area contributed by atoms with Crippen molar-refractivity contribution in [1.29, 1.82) is 0 Å². The summed E-state index contributed by atoms with van der Waals surface area (Å²) in [5.41, 5.74) is 9.29. The smallest absolute Gasteiger partial charge is 0.324 e. The third kappa shape index (κ3) is 9.59. The average Bonchev–Trinajstić information content (AvgIpc) is 4.11. The lowest BCUT2D eigenvalue weighted by Crippen LogP contribution is -2.62. The van der Waals surface area contributed by atoms with E-state index in [9.17, 15) is 24.0 Å². The number of hydrogen-bond acceptors (Lipinski definition) is 11. The fourth-order valence-corrected chi connectivity index (χ4v) is 11.4. The molecule has 3 aromatic heterocycles. The van der Waals surface area contributed by atoms with Crippen LogP contribution in [-0.2, 0) is 48.0 Å². The van der Waals surface area contributed by atoms with E-state index in [4.69, 9.17) is 19.4 Å². The quantitative estimate of drug-likeness (QED) is 0.153. The zero-order valence-corrected chi connectivity index (χ0v) is 40.9. The minimum Gasteiger partial charge on any atom is -0.464 e. The number of cyclic esters (lactones) is 1. The summed E-state index contributed by atoms with van der Waals surface area (Å²) in [7, 11) is 3.32. The molecule has 0 saturated carbocycles. The molecular formula is C50H65N9O7S. The van der Waals surface area contributed by atoms with Crippen LogP contribution in [-0.4, -0.2) is 136 Å². The lowest BCUT2D eigenvalue weighted by Gasteiger charge is -2.37. The van der Waals surface area contributed by atoms with Crippen LogP contribution in [0.15, 0.2) is 54.6 Å². The molecule has 6 atom stereocenters. The summed E-state index contributed by atoms with van der Waals surface area (Å²) < 4.78 is 14.3. The van der Waals surface area contributed by atoms with Crippen LogP contribution in [0, 0.1) is 23.2 Å². The number of rotatable bonds is 9. The van der Waals surface area contributed by atoms with Gasteiger partial charge in [-0.15, -0.1) is 11.3 Å². The molecule has 16 nitrogen and oxygen atoms in total. The molecule has 5 amide bonds. The zero-order chi connectivity index (χ0) is 47.9. The Hall–Kier alpha value is -5.65. The number of likely N-dealkylation sites (tertiary alicyclic amines) is 2. The Morgan fingerprint density at radius 1 is 1.10 bits per heavy atom. The highest BCUT2D eigenvalue weighted by Crippen LogP contribution is 2.42. The number of amides is 5. The number of methoxy groups -OCH3 is 1. The number of benzene rings is 1. The number of aryl methyl sites for hydroxylation is 1. The lowest BCUT2D eigenvalue weighted by molar-refractivity contribution is -0.155. The number of aromatic nitrogens is 3. The predicted octanol–water partition coefficient (Wildman–Crippen LogP) is 5.86. The van der Waals surface area contributed by atoms with Crippen molar-refractivity contribution in [3.05, 3.63) is 70.8 Å². The topological polar surface area (TPSA) is 172 Å². The Morgan fingerprint density at radius 3 is 2.52 bits per heavy atom. The molecule has 4 aromatic rings. The van der Waals surface area contributed by atoms with Crippen molar-refractivity contribution in [3.8, 4) is 22.5 Å². The van der Waals surface area contributed by atoms with Crippen LogP contribution in [0.5, 0.6) is 0 Å².